The van der Waals surface area contributed by atoms with Crippen LogP contribution in [-0.4, -0.2) is 19.6 Å². The van der Waals surface area contributed by atoms with E-state index in [9.17, 15) is 0 Å². The van der Waals surface area contributed by atoms with Crippen molar-refractivity contribution in [3.8, 4) is 11.3 Å². The first kappa shape index (κ1) is 9.76. The molecule has 0 unspecified atom stereocenters. The third-order valence-corrected chi connectivity index (χ3v) is 3.54. The van der Waals surface area contributed by atoms with Crippen LogP contribution in [0.2, 0.25) is 0 Å². The lowest BCUT2D eigenvalue weighted by Crippen LogP contribution is -1.93. The van der Waals surface area contributed by atoms with E-state index in [0.717, 1.165) is 5.69 Å². The van der Waals surface area contributed by atoms with Gasteiger partial charge in [0.1, 0.15) is 6.33 Å². The molecular weight excluding hydrogens is 224 g/mol. The summed E-state index contributed by atoms with van der Waals surface area (Å²) in [7, 11) is 0. The summed E-state index contributed by atoms with van der Waals surface area (Å²) in [6.45, 7) is 0. The molecule has 0 N–H and O–H groups in total. The Bertz CT molecular complexity index is 729. The fourth-order valence-electron chi connectivity index (χ4n) is 2.61. The van der Waals surface area contributed by atoms with E-state index in [-0.39, 0.29) is 0 Å². The Morgan fingerprint density at radius 1 is 1.06 bits per heavy atom. The lowest BCUT2D eigenvalue weighted by molar-refractivity contribution is 0.912. The highest BCUT2D eigenvalue weighted by Crippen LogP contribution is 2.27. The SMILES string of the molecule is c1nc2nc(-c3ccc4c(c3)CCC4)ccn2n1. The van der Waals surface area contributed by atoms with Crippen LogP contribution in [0.5, 0.6) is 0 Å². The van der Waals surface area contributed by atoms with Crippen LogP contribution in [0.1, 0.15) is 17.5 Å². The molecule has 0 radical (unpaired) electrons. The Balaban J connectivity index is 1.86. The first-order valence-corrected chi connectivity index (χ1v) is 6.19. The number of hydrogen-bond acceptors (Lipinski definition) is 3. The Hall–Kier alpha value is -2.23. The van der Waals surface area contributed by atoms with Crippen molar-refractivity contribution in [2.75, 3.05) is 0 Å². The molecule has 0 amide bonds. The minimum atomic E-state index is 0.646. The highest BCUT2D eigenvalue weighted by atomic mass is 15.3. The highest BCUT2D eigenvalue weighted by molar-refractivity contribution is 5.62. The number of nitrogens with zero attached hydrogens (tertiary/aromatic N) is 4. The molecule has 1 aliphatic rings. The van der Waals surface area contributed by atoms with E-state index in [2.05, 4.69) is 33.3 Å². The van der Waals surface area contributed by atoms with Crippen molar-refractivity contribution in [1.82, 2.24) is 19.6 Å². The molecule has 0 saturated heterocycles. The van der Waals surface area contributed by atoms with Crippen molar-refractivity contribution in [3.05, 3.63) is 47.9 Å². The molecule has 2 heterocycles. The monoisotopic (exact) mass is 236 g/mol. The molecule has 4 heteroatoms. The number of benzene rings is 1. The largest absolute Gasteiger partial charge is 0.252 e. The van der Waals surface area contributed by atoms with Crippen molar-refractivity contribution in [2.45, 2.75) is 19.3 Å². The summed E-state index contributed by atoms with van der Waals surface area (Å²) >= 11 is 0. The number of aromatic nitrogens is 4. The molecule has 88 valence electrons. The summed E-state index contributed by atoms with van der Waals surface area (Å²) in [5, 5.41) is 4.05. The quantitative estimate of drug-likeness (QED) is 0.651. The van der Waals surface area contributed by atoms with Crippen LogP contribution in [0, 0.1) is 0 Å². The topological polar surface area (TPSA) is 43.1 Å². The average Bonchev–Trinajstić information content (AvgIpc) is 3.05. The number of hydrogen-bond donors (Lipinski definition) is 0. The summed E-state index contributed by atoms with van der Waals surface area (Å²) in [6, 6.07) is 8.63. The van der Waals surface area contributed by atoms with Crippen molar-refractivity contribution >= 4 is 5.78 Å². The van der Waals surface area contributed by atoms with Crippen LogP contribution in [0.4, 0.5) is 0 Å². The number of rotatable bonds is 1. The molecule has 3 aromatic rings. The second kappa shape index (κ2) is 3.63. The Labute approximate surface area is 104 Å². The zero-order chi connectivity index (χ0) is 11.9. The van der Waals surface area contributed by atoms with Gasteiger partial charge >= 0.3 is 0 Å². The summed E-state index contributed by atoms with van der Waals surface area (Å²) in [6.07, 6.45) is 7.10. The Kier molecular flexibility index (Phi) is 1.97. The van der Waals surface area contributed by atoms with Gasteiger partial charge in [-0.1, -0.05) is 12.1 Å². The van der Waals surface area contributed by atoms with Crippen LogP contribution in [-0.2, 0) is 12.8 Å². The highest BCUT2D eigenvalue weighted by Gasteiger charge is 2.12. The zero-order valence-corrected chi connectivity index (χ0v) is 9.87. The number of fused-ring (bicyclic) bond motifs is 2. The van der Waals surface area contributed by atoms with Crippen molar-refractivity contribution in [2.24, 2.45) is 0 Å². The zero-order valence-electron chi connectivity index (χ0n) is 9.87. The van der Waals surface area contributed by atoms with Gasteiger partial charge in [-0.2, -0.15) is 10.1 Å². The minimum absolute atomic E-state index is 0.646. The lowest BCUT2D eigenvalue weighted by atomic mass is 10.0. The molecule has 0 atom stereocenters. The standard InChI is InChI=1S/C14H12N4/c1-2-10-4-5-12(8-11(10)3-1)13-6-7-18-14(17-13)15-9-16-18/h4-9H,1-3H2. The van der Waals surface area contributed by atoms with Crippen LogP contribution < -0.4 is 0 Å². The second-order valence-corrected chi connectivity index (χ2v) is 4.65. The van der Waals surface area contributed by atoms with E-state index in [0.29, 0.717) is 5.78 Å². The fraction of sp³-hybridized carbons (Fsp3) is 0.214. The van der Waals surface area contributed by atoms with Gasteiger partial charge in [0, 0.05) is 11.8 Å². The van der Waals surface area contributed by atoms with Crippen LogP contribution in [0.3, 0.4) is 0 Å². The maximum absolute atomic E-state index is 4.52. The number of aryl methyl sites for hydroxylation is 2. The molecular formula is C14H12N4. The third kappa shape index (κ3) is 1.42. The summed E-state index contributed by atoms with van der Waals surface area (Å²) < 4.78 is 1.68. The van der Waals surface area contributed by atoms with Gasteiger partial charge in [-0.3, -0.25) is 0 Å². The molecule has 4 nitrogen and oxygen atoms in total. The van der Waals surface area contributed by atoms with Gasteiger partial charge in [-0.05, 0) is 42.5 Å². The molecule has 0 fully saturated rings. The summed E-state index contributed by atoms with van der Waals surface area (Å²) in [5.41, 5.74) is 5.09. The van der Waals surface area contributed by atoms with E-state index in [1.54, 1.807) is 4.52 Å². The van der Waals surface area contributed by atoms with Gasteiger partial charge in [0.2, 0.25) is 0 Å². The first-order valence-electron chi connectivity index (χ1n) is 6.19. The van der Waals surface area contributed by atoms with Crippen molar-refractivity contribution in [1.29, 1.82) is 0 Å². The molecule has 1 aromatic carbocycles. The molecule has 1 aliphatic carbocycles. The van der Waals surface area contributed by atoms with Gasteiger partial charge in [0.25, 0.3) is 5.78 Å². The van der Waals surface area contributed by atoms with Gasteiger partial charge in [-0.25, -0.2) is 9.50 Å². The minimum Gasteiger partial charge on any atom is -0.211 e. The maximum Gasteiger partial charge on any atom is 0.252 e. The van der Waals surface area contributed by atoms with E-state index in [4.69, 9.17) is 0 Å². The smallest absolute Gasteiger partial charge is 0.211 e. The normalized spacial score (nSPS) is 14.0. The van der Waals surface area contributed by atoms with Crippen LogP contribution in [0.15, 0.2) is 36.8 Å². The van der Waals surface area contributed by atoms with E-state index >= 15 is 0 Å². The Morgan fingerprint density at radius 2 is 2.00 bits per heavy atom. The second-order valence-electron chi connectivity index (χ2n) is 4.65. The molecule has 4 rings (SSSR count). The summed E-state index contributed by atoms with van der Waals surface area (Å²) in [5.74, 6) is 0.646. The first-order chi connectivity index (χ1) is 8.90. The van der Waals surface area contributed by atoms with E-state index < -0.39 is 0 Å². The Morgan fingerprint density at radius 3 is 3.00 bits per heavy atom. The van der Waals surface area contributed by atoms with Crippen LogP contribution >= 0.6 is 0 Å². The van der Waals surface area contributed by atoms with Crippen molar-refractivity contribution < 1.29 is 0 Å². The van der Waals surface area contributed by atoms with E-state index in [1.165, 1.54) is 42.3 Å². The molecule has 0 saturated carbocycles. The van der Waals surface area contributed by atoms with Gasteiger partial charge in [0.05, 0.1) is 5.69 Å². The van der Waals surface area contributed by atoms with Gasteiger partial charge in [-0.15, -0.1) is 0 Å². The summed E-state index contributed by atoms with van der Waals surface area (Å²) in [4.78, 5) is 8.64. The molecule has 0 aliphatic heterocycles. The van der Waals surface area contributed by atoms with Gasteiger partial charge in [0.15, 0.2) is 0 Å². The third-order valence-electron chi connectivity index (χ3n) is 3.54. The van der Waals surface area contributed by atoms with E-state index in [1.807, 2.05) is 12.3 Å². The molecule has 0 bridgehead atoms. The average molecular weight is 236 g/mol. The molecule has 18 heavy (non-hydrogen) atoms. The predicted molar refractivity (Wildman–Crippen MR) is 68.2 cm³/mol. The molecule has 0 spiro atoms. The fourth-order valence-corrected chi connectivity index (χ4v) is 2.61. The predicted octanol–water partition coefficient (Wildman–Crippen LogP) is 2.28. The lowest BCUT2D eigenvalue weighted by Gasteiger charge is -2.04. The van der Waals surface area contributed by atoms with Crippen molar-refractivity contribution in [3.63, 3.8) is 0 Å². The maximum atomic E-state index is 4.52. The van der Waals surface area contributed by atoms with Crippen LogP contribution in [0.25, 0.3) is 17.0 Å². The van der Waals surface area contributed by atoms with Gasteiger partial charge < -0.3 is 0 Å². The molecule has 2 aromatic heterocycles.